The van der Waals surface area contributed by atoms with Crippen LogP contribution in [0, 0.1) is 6.92 Å². The molecule has 0 fully saturated rings. The minimum absolute atomic E-state index is 0.911. The van der Waals surface area contributed by atoms with Gasteiger partial charge in [-0.05, 0) is 64.9 Å². The molecular weight excluding hydrogens is 312 g/mol. The molecule has 0 amide bonds. The van der Waals surface area contributed by atoms with Crippen LogP contribution < -0.4 is 5.32 Å². The number of nitrogens with one attached hydrogen (secondary N) is 1. The predicted octanol–water partition coefficient (Wildman–Crippen LogP) is 5.07. The maximum absolute atomic E-state index is 5.11. The number of hydrogen-bond donors (Lipinski definition) is 1. The molecule has 0 unspecified atom stereocenters. The first kappa shape index (κ1) is 14.1. The van der Waals surface area contributed by atoms with Crippen molar-refractivity contribution in [2.75, 3.05) is 6.54 Å². The zero-order valence-electron chi connectivity index (χ0n) is 13.6. The molecule has 5 rings (SSSR count). The molecule has 0 saturated carbocycles. The Kier molecular flexibility index (Phi) is 3.18. The van der Waals surface area contributed by atoms with Gasteiger partial charge in [-0.15, -0.1) is 11.3 Å². The average molecular weight is 330 g/mol. The quantitative estimate of drug-likeness (QED) is 0.493. The highest BCUT2D eigenvalue weighted by atomic mass is 32.1. The molecule has 24 heavy (non-hydrogen) atoms. The van der Waals surface area contributed by atoms with E-state index >= 15 is 0 Å². The van der Waals surface area contributed by atoms with Crippen molar-refractivity contribution in [3.8, 4) is 10.6 Å². The van der Waals surface area contributed by atoms with Gasteiger partial charge in [-0.1, -0.05) is 30.3 Å². The van der Waals surface area contributed by atoms with Crippen LogP contribution in [-0.4, -0.2) is 11.5 Å². The highest BCUT2D eigenvalue weighted by Crippen LogP contribution is 2.38. The zero-order chi connectivity index (χ0) is 16.1. The van der Waals surface area contributed by atoms with Gasteiger partial charge in [-0.25, -0.2) is 4.98 Å². The fourth-order valence-electron chi connectivity index (χ4n) is 3.85. The van der Waals surface area contributed by atoms with Crippen molar-refractivity contribution in [3.05, 3.63) is 64.5 Å². The van der Waals surface area contributed by atoms with Crippen molar-refractivity contribution in [2.45, 2.75) is 19.9 Å². The number of aryl methyl sites for hydroxylation is 1. The maximum atomic E-state index is 5.11. The van der Waals surface area contributed by atoms with Crippen LogP contribution >= 0.6 is 11.3 Å². The summed E-state index contributed by atoms with van der Waals surface area (Å²) in [6.07, 6.45) is 1.07. The third-order valence-electron chi connectivity index (χ3n) is 5.02. The highest BCUT2D eigenvalue weighted by Gasteiger charge is 2.21. The summed E-state index contributed by atoms with van der Waals surface area (Å²) in [6.45, 7) is 4.13. The second-order valence-corrected chi connectivity index (χ2v) is 7.37. The number of aromatic nitrogens is 1. The van der Waals surface area contributed by atoms with Crippen molar-refractivity contribution in [2.24, 2.45) is 0 Å². The third-order valence-corrected chi connectivity index (χ3v) is 6.05. The van der Waals surface area contributed by atoms with Gasteiger partial charge in [0.25, 0.3) is 0 Å². The van der Waals surface area contributed by atoms with Crippen molar-refractivity contribution in [1.29, 1.82) is 0 Å². The van der Waals surface area contributed by atoms with Gasteiger partial charge in [0.15, 0.2) is 0 Å². The summed E-state index contributed by atoms with van der Waals surface area (Å²) in [5.74, 6) is 0. The molecule has 0 radical (unpaired) electrons. The zero-order valence-corrected chi connectivity index (χ0v) is 14.4. The van der Waals surface area contributed by atoms with Crippen molar-refractivity contribution in [3.63, 3.8) is 0 Å². The number of rotatable bonds is 1. The van der Waals surface area contributed by atoms with Gasteiger partial charge in [0.2, 0.25) is 0 Å². The second kappa shape index (κ2) is 5.40. The maximum Gasteiger partial charge on any atom is 0.0859 e. The fourth-order valence-corrected chi connectivity index (χ4v) is 4.79. The van der Waals surface area contributed by atoms with E-state index in [0.29, 0.717) is 0 Å². The Morgan fingerprint density at radius 1 is 1.04 bits per heavy atom. The average Bonchev–Trinajstić information content (AvgIpc) is 3.06. The van der Waals surface area contributed by atoms with E-state index in [-0.39, 0.29) is 0 Å². The lowest BCUT2D eigenvalue weighted by Gasteiger charge is -2.23. The van der Waals surface area contributed by atoms with Crippen LogP contribution in [0.5, 0.6) is 0 Å². The van der Waals surface area contributed by atoms with E-state index in [9.17, 15) is 0 Å². The first-order valence-corrected chi connectivity index (χ1v) is 9.29. The second-order valence-electron chi connectivity index (χ2n) is 6.46. The molecule has 4 aromatic rings. The number of thiophene rings is 1. The summed E-state index contributed by atoms with van der Waals surface area (Å²) in [5, 5.41) is 9.68. The minimum Gasteiger partial charge on any atom is -0.312 e. The summed E-state index contributed by atoms with van der Waals surface area (Å²) in [7, 11) is 0. The van der Waals surface area contributed by atoms with Crippen molar-refractivity contribution in [1.82, 2.24) is 10.3 Å². The number of fused-ring (bicyclic) bond motifs is 5. The van der Waals surface area contributed by atoms with Gasteiger partial charge in [0.05, 0.1) is 16.1 Å². The topological polar surface area (TPSA) is 24.9 Å². The molecule has 0 aliphatic carbocycles. The smallest absolute Gasteiger partial charge is 0.0859 e. The normalized spacial score (nSPS) is 14.2. The Hall–Kier alpha value is -2.23. The van der Waals surface area contributed by atoms with Crippen LogP contribution in [0.3, 0.4) is 0 Å². The van der Waals surface area contributed by atoms with E-state index in [4.69, 9.17) is 4.98 Å². The Balaban J connectivity index is 1.94. The minimum atomic E-state index is 0.911. The molecule has 0 atom stereocenters. The first-order chi connectivity index (χ1) is 11.8. The van der Waals surface area contributed by atoms with Crippen molar-refractivity contribution < 1.29 is 0 Å². The molecule has 2 aromatic heterocycles. The Bertz CT molecular complexity index is 1080. The van der Waals surface area contributed by atoms with Crippen LogP contribution in [0.25, 0.3) is 32.2 Å². The van der Waals surface area contributed by atoms with Crippen LogP contribution in [0.1, 0.15) is 16.7 Å². The number of hydrogen-bond acceptors (Lipinski definition) is 3. The largest absolute Gasteiger partial charge is 0.312 e. The van der Waals surface area contributed by atoms with Crippen LogP contribution in [-0.2, 0) is 13.0 Å². The van der Waals surface area contributed by atoms with E-state index in [2.05, 4.69) is 60.1 Å². The highest BCUT2D eigenvalue weighted by molar-refractivity contribution is 7.13. The molecule has 1 aliphatic rings. The number of nitrogens with zero attached hydrogens (tertiary/aromatic N) is 1. The van der Waals surface area contributed by atoms with Gasteiger partial charge >= 0.3 is 0 Å². The first-order valence-electron chi connectivity index (χ1n) is 8.41. The Labute approximate surface area is 145 Å². The standard InChI is InChI=1S/C21H18N2S/c1-13-9-11-24-21(13)20-17-12-22-10-8-16(17)19-15-5-3-2-4-14(15)6-7-18(19)23-20/h2-7,9,11,22H,8,10,12H2,1H3. The van der Waals surface area contributed by atoms with Crippen LogP contribution in [0.2, 0.25) is 0 Å². The number of benzene rings is 2. The molecule has 2 aromatic carbocycles. The lowest BCUT2D eigenvalue weighted by molar-refractivity contribution is 0.647. The summed E-state index contributed by atoms with van der Waals surface area (Å²) in [4.78, 5) is 6.42. The van der Waals surface area contributed by atoms with Gasteiger partial charge in [0, 0.05) is 11.9 Å². The molecular formula is C21H18N2S. The fraction of sp³-hybridized carbons (Fsp3) is 0.190. The number of pyridine rings is 1. The van der Waals surface area contributed by atoms with E-state index in [1.54, 1.807) is 11.3 Å². The van der Waals surface area contributed by atoms with Gasteiger partial charge in [-0.3, -0.25) is 0 Å². The van der Waals surface area contributed by atoms with Crippen molar-refractivity contribution >= 4 is 33.0 Å². The summed E-state index contributed by atoms with van der Waals surface area (Å²) < 4.78 is 0. The van der Waals surface area contributed by atoms with Crippen LogP contribution in [0.15, 0.2) is 47.8 Å². The molecule has 0 saturated heterocycles. The summed E-state index contributed by atoms with van der Waals surface area (Å²) >= 11 is 1.80. The Morgan fingerprint density at radius 3 is 2.83 bits per heavy atom. The SMILES string of the molecule is Cc1ccsc1-c1nc2ccc3ccccc3c2c2c1CNCC2. The molecule has 2 nitrogen and oxygen atoms in total. The summed E-state index contributed by atoms with van der Waals surface area (Å²) in [6, 6.07) is 15.2. The third kappa shape index (κ3) is 2.02. The molecule has 3 heteroatoms. The lowest BCUT2D eigenvalue weighted by Crippen LogP contribution is -2.25. The van der Waals surface area contributed by atoms with E-state index in [1.165, 1.54) is 43.4 Å². The molecule has 1 aliphatic heterocycles. The molecule has 3 heterocycles. The van der Waals surface area contributed by atoms with E-state index < -0.39 is 0 Å². The Morgan fingerprint density at radius 2 is 1.96 bits per heavy atom. The van der Waals surface area contributed by atoms with Gasteiger partial charge in [0.1, 0.15) is 0 Å². The van der Waals surface area contributed by atoms with Gasteiger partial charge < -0.3 is 5.32 Å². The van der Waals surface area contributed by atoms with E-state index in [0.717, 1.165) is 25.0 Å². The molecule has 118 valence electrons. The summed E-state index contributed by atoms with van der Waals surface area (Å²) in [5.41, 5.74) is 6.49. The molecule has 1 N–H and O–H groups in total. The molecule has 0 bridgehead atoms. The molecule has 0 spiro atoms. The van der Waals surface area contributed by atoms with E-state index in [1.807, 2.05) is 0 Å². The lowest BCUT2D eigenvalue weighted by atomic mass is 9.91. The predicted molar refractivity (Wildman–Crippen MR) is 103 cm³/mol. The van der Waals surface area contributed by atoms with Crippen LogP contribution in [0.4, 0.5) is 0 Å². The van der Waals surface area contributed by atoms with Gasteiger partial charge in [-0.2, -0.15) is 0 Å². The monoisotopic (exact) mass is 330 g/mol.